The molecule has 1 aliphatic heterocycles. The van der Waals surface area contributed by atoms with Gasteiger partial charge in [0.25, 0.3) is 0 Å². The van der Waals surface area contributed by atoms with Crippen LogP contribution in [0.25, 0.3) is 0 Å². The zero-order valence-electron chi connectivity index (χ0n) is 16.1. The number of fused-ring (bicyclic) bond motifs is 1. The molecule has 1 amide bonds. The number of rotatable bonds is 6. The second kappa shape index (κ2) is 8.33. The molecule has 1 N–H and O–H groups in total. The zero-order chi connectivity index (χ0) is 19.3. The van der Waals surface area contributed by atoms with Crippen LogP contribution in [0.2, 0.25) is 0 Å². The van der Waals surface area contributed by atoms with Crippen LogP contribution in [0.15, 0.2) is 48.9 Å². The summed E-state index contributed by atoms with van der Waals surface area (Å²) in [7, 11) is 0. The topological polar surface area (TPSA) is 74.8 Å². The average Bonchev–Trinajstić information content (AvgIpc) is 3.17. The minimum absolute atomic E-state index is 0.163. The first-order valence-electron chi connectivity index (χ1n) is 9.90. The highest BCUT2D eigenvalue weighted by Crippen LogP contribution is 2.32. The Kier molecular flexibility index (Phi) is 5.46. The lowest BCUT2D eigenvalue weighted by Gasteiger charge is -2.28. The van der Waals surface area contributed by atoms with Gasteiger partial charge >= 0.3 is 0 Å². The fourth-order valence-electron chi connectivity index (χ4n) is 3.94. The molecular formula is C22H25N5O. The van der Waals surface area contributed by atoms with Crippen molar-refractivity contribution in [3.05, 3.63) is 77.1 Å². The van der Waals surface area contributed by atoms with Gasteiger partial charge in [0, 0.05) is 61.7 Å². The van der Waals surface area contributed by atoms with Crippen LogP contribution in [0, 0.1) is 0 Å². The van der Waals surface area contributed by atoms with Crippen LogP contribution in [0.5, 0.6) is 0 Å². The Morgan fingerprint density at radius 3 is 2.86 bits per heavy atom. The highest BCUT2D eigenvalue weighted by molar-refractivity contribution is 5.76. The molecule has 1 aromatic carbocycles. The number of carbonyl (C=O) groups is 1. The molecule has 0 unspecified atom stereocenters. The second-order valence-electron chi connectivity index (χ2n) is 7.20. The SMILES string of the molecule is CC[C@H](c1ccccc1)c1n[nH]c2c1CN(C(=O)CCc1cnccn1)CC2. The molecule has 0 spiro atoms. The van der Waals surface area contributed by atoms with Gasteiger partial charge in [0.15, 0.2) is 0 Å². The first-order chi connectivity index (χ1) is 13.8. The average molecular weight is 375 g/mol. The Labute approximate surface area is 165 Å². The molecule has 2 aromatic heterocycles. The van der Waals surface area contributed by atoms with E-state index in [9.17, 15) is 4.79 Å². The molecule has 0 bridgehead atoms. The number of aromatic amines is 1. The van der Waals surface area contributed by atoms with Crippen molar-refractivity contribution in [3.63, 3.8) is 0 Å². The van der Waals surface area contributed by atoms with E-state index in [1.807, 2.05) is 11.0 Å². The van der Waals surface area contributed by atoms with E-state index in [4.69, 9.17) is 0 Å². The lowest BCUT2D eigenvalue weighted by atomic mass is 9.89. The highest BCUT2D eigenvalue weighted by atomic mass is 16.2. The molecule has 1 atom stereocenters. The van der Waals surface area contributed by atoms with E-state index < -0.39 is 0 Å². The number of aryl methyl sites for hydroxylation is 1. The number of hydrogen-bond acceptors (Lipinski definition) is 4. The van der Waals surface area contributed by atoms with Gasteiger partial charge in [-0.3, -0.25) is 19.9 Å². The number of carbonyl (C=O) groups excluding carboxylic acids is 1. The summed E-state index contributed by atoms with van der Waals surface area (Å²) in [6.07, 6.45) is 7.91. The molecule has 3 heterocycles. The molecular weight excluding hydrogens is 350 g/mol. The first kappa shape index (κ1) is 18.3. The minimum Gasteiger partial charge on any atom is -0.338 e. The van der Waals surface area contributed by atoms with Gasteiger partial charge in [0.1, 0.15) is 0 Å². The van der Waals surface area contributed by atoms with Crippen LogP contribution in [-0.2, 0) is 24.2 Å². The molecule has 6 nitrogen and oxygen atoms in total. The standard InChI is InChI=1S/C22H25N5O/c1-2-18(16-6-4-3-5-7-16)22-19-15-27(13-10-20(19)25-26-22)21(28)9-8-17-14-23-11-12-24-17/h3-7,11-12,14,18H,2,8-10,13,15H2,1H3,(H,25,26)/t18-/m1/s1. The Morgan fingerprint density at radius 2 is 2.11 bits per heavy atom. The Hall–Kier alpha value is -3.02. The number of nitrogens with zero attached hydrogens (tertiary/aromatic N) is 4. The third-order valence-electron chi connectivity index (χ3n) is 5.47. The molecule has 0 aliphatic carbocycles. The largest absolute Gasteiger partial charge is 0.338 e. The molecule has 3 aromatic rings. The number of H-pyrrole nitrogens is 1. The van der Waals surface area contributed by atoms with Crippen molar-refractivity contribution >= 4 is 5.91 Å². The van der Waals surface area contributed by atoms with Crippen LogP contribution in [0.1, 0.15) is 53.9 Å². The summed E-state index contributed by atoms with van der Waals surface area (Å²) in [5.74, 6) is 0.409. The van der Waals surface area contributed by atoms with Crippen LogP contribution in [0.3, 0.4) is 0 Å². The molecule has 0 fully saturated rings. The van der Waals surface area contributed by atoms with E-state index >= 15 is 0 Å². The maximum atomic E-state index is 12.8. The quantitative estimate of drug-likeness (QED) is 0.718. The Morgan fingerprint density at radius 1 is 1.25 bits per heavy atom. The van der Waals surface area contributed by atoms with E-state index in [1.54, 1.807) is 18.6 Å². The molecule has 28 heavy (non-hydrogen) atoms. The number of benzene rings is 1. The van der Waals surface area contributed by atoms with Gasteiger partial charge in [-0.2, -0.15) is 5.10 Å². The molecule has 144 valence electrons. The van der Waals surface area contributed by atoms with Gasteiger partial charge in [0.05, 0.1) is 11.4 Å². The minimum atomic E-state index is 0.163. The van der Waals surface area contributed by atoms with E-state index in [2.05, 4.69) is 51.4 Å². The van der Waals surface area contributed by atoms with Gasteiger partial charge in [-0.1, -0.05) is 37.3 Å². The van der Waals surface area contributed by atoms with Gasteiger partial charge in [-0.05, 0) is 18.4 Å². The molecule has 0 saturated carbocycles. The summed E-state index contributed by atoms with van der Waals surface area (Å²) in [6.45, 7) is 3.55. The van der Waals surface area contributed by atoms with Crippen LogP contribution in [-0.4, -0.2) is 37.5 Å². The Bertz CT molecular complexity index is 923. The normalized spacial score (nSPS) is 14.5. The van der Waals surface area contributed by atoms with Crippen LogP contribution >= 0.6 is 0 Å². The fourth-order valence-corrected chi connectivity index (χ4v) is 3.94. The summed E-state index contributed by atoms with van der Waals surface area (Å²) < 4.78 is 0. The van der Waals surface area contributed by atoms with E-state index in [0.29, 0.717) is 19.4 Å². The van der Waals surface area contributed by atoms with Crippen molar-refractivity contribution in [1.29, 1.82) is 0 Å². The second-order valence-corrected chi connectivity index (χ2v) is 7.20. The number of aromatic nitrogens is 4. The number of nitrogens with one attached hydrogen (secondary N) is 1. The first-order valence-corrected chi connectivity index (χ1v) is 9.90. The smallest absolute Gasteiger partial charge is 0.223 e. The van der Waals surface area contributed by atoms with E-state index in [1.165, 1.54) is 16.8 Å². The lowest BCUT2D eigenvalue weighted by molar-refractivity contribution is -0.132. The predicted molar refractivity (Wildman–Crippen MR) is 107 cm³/mol. The molecule has 0 saturated heterocycles. The molecule has 4 rings (SSSR count). The maximum Gasteiger partial charge on any atom is 0.223 e. The van der Waals surface area contributed by atoms with Gasteiger partial charge in [0.2, 0.25) is 5.91 Å². The van der Waals surface area contributed by atoms with E-state index in [-0.39, 0.29) is 11.8 Å². The van der Waals surface area contributed by atoms with Crippen LogP contribution < -0.4 is 0 Å². The fraction of sp³-hybridized carbons (Fsp3) is 0.364. The van der Waals surface area contributed by atoms with Gasteiger partial charge < -0.3 is 4.90 Å². The van der Waals surface area contributed by atoms with Crippen molar-refractivity contribution < 1.29 is 4.79 Å². The van der Waals surface area contributed by atoms with Gasteiger partial charge in [-0.25, -0.2) is 0 Å². The summed E-state index contributed by atoms with van der Waals surface area (Å²) in [5, 5.41) is 7.87. The predicted octanol–water partition coefficient (Wildman–Crippen LogP) is 3.26. The van der Waals surface area contributed by atoms with E-state index in [0.717, 1.165) is 30.8 Å². The third-order valence-corrected chi connectivity index (χ3v) is 5.47. The highest BCUT2D eigenvalue weighted by Gasteiger charge is 2.28. The Balaban J connectivity index is 1.49. The van der Waals surface area contributed by atoms with Gasteiger partial charge in [-0.15, -0.1) is 0 Å². The summed E-state index contributed by atoms with van der Waals surface area (Å²) in [5.41, 5.74) is 5.56. The zero-order valence-corrected chi connectivity index (χ0v) is 16.1. The van der Waals surface area contributed by atoms with Crippen molar-refractivity contribution in [2.75, 3.05) is 6.54 Å². The van der Waals surface area contributed by atoms with Crippen molar-refractivity contribution in [1.82, 2.24) is 25.1 Å². The van der Waals surface area contributed by atoms with Crippen molar-refractivity contribution in [3.8, 4) is 0 Å². The molecule has 1 aliphatic rings. The lowest BCUT2D eigenvalue weighted by Crippen LogP contribution is -2.36. The number of amides is 1. The number of hydrogen-bond donors (Lipinski definition) is 1. The summed E-state index contributed by atoms with van der Waals surface area (Å²) in [4.78, 5) is 23.0. The van der Waals surface area contributed by atoms with Crippen molar-refractivity contribution in [2.24, 2.45) is 0 Å². The molecule has 0 radical (unpaired) electrons. The monoisotopic (exact) mass is 375 g/mol. The van der Waals surface area contributed by atoms with Crippen molar-refractivity contribution in [2.45, 2.75) is 45.1 Å². The summed E-state index contributed by atoms with van der Waals surface area (Å²) in [6, 6.07) is 10.5. The molecule has 6 heteroatoms. The maximum absolute atomic E-state index is 12.8. The van der Waals surface area contributed by atoms with Crippen LogP contribution in [0.4, 0.5) is 0 Å². The third kappa shape index (κ3) is 3.81. The summed E-state index contributed by atoms with van der Waals surface area (Å²) >= 11 is 0.